The molecule has 2 aliphatic rings. The lowest BCUT2D eigenvalue weighted by molar-refractivity contribution is -0.189. The highest BCUT2D eigenvalue weighted by Gasteiger charge is 2.51. The maximum absolute atomic E-state index is 13.7. The minimum Gasteiger partial charge on any atom is -0.333 e. The lowest BCUT2D eigenvalue weighted by Crippen LogP contribution is -2.76. The molecular formula is C28H34BN5O3. The van der Waals surface area contributed by atoms with Crippen LogP contribution in [0.2, 0.25) is 0 Å². The van der Waals surface area contributed by atoms with Gasteiger partial charge in [0, 0.05) is 13.1 Å². The van der Waals surface area contributed by atoms with Gasteiger partial charge in [-0.1, -0.05) is 85.7 Å². The standard InChI is InChI=1S/C28H34BN5O3/c1-3-5-14-24-27(36)31(18-22-12-9-13-23(29)16-22)19-25-33(24)26(35)20-32(15-4-2)34(25)28(37)30-17-21-10-7-6-8-11-21/h2,6-13,16,24-25H,3,5,14-15,17-20,29H2,1H3,(H,30,37)/t24-,25-/m0/s1. The Hall–Kier alpha value is -3.77. The molecule has 37 heavy (non-hydrogen) atoms. The topological polar surface area (TPSA) is 76.2 Å². The van der Waals surface area contributed by atoms with E-state index in [1.165, 1.54) is 0 Å². The van der Waals surface area contributed by atoms with Crippen molar-refractivity contribution in [3.8, 4) is 12.3 Å². The zero-order valence-electron chi connectivity index (χ0n) is 21.6. The summed E-state index contributed by atoms with van der Waals surface area (Å²) in [4.78, 5) is 44.1. The SMILES string of the molecule is Bc1cccc(CN2C[C@H]3N(C(=O)CN(CC#C)N3C(=O)NCc3ccccc3)[C@@H](CCCC)C2=O)c1. The molecule has 2 heterocycles. The molecule has 0 unspecified atom stereocenters. The van der Waals surface area contributed by atoms with E-state index in [1.807, 2.05) is 56.4 Å². The van der Waals surface area contributed by atoms with E-state index in [0.29, 0.717) is 19.5 Å². The van der Waals surface area contributed by atoms with Crippen LogP contribution in [0.5, 0.6) is 0 Å². The van der Waals surface area contributed by atoms with E-state index in [4.69, 9.17) is 6.42 Å². The number of piperazine rings is 1. The molecule has 0 bridgehead atoms. The van der Waals surface area contributed by atoms with E-state index in [2.05, 4.69) is 24.2 Å². The third-order valence-electron chi connectivity index (χ3n) is 6.89. The Morgan fingerprint density at radius 1 is 1.14 bits per heavy atom. The Balaban J connectivity index is 1.65. The number of hydrogen-bond acceptors (Lipinski definition) is 4. The zero-order chi connectivity index (χ0) is 26.4. The van der Waals surface area contributed by atoms with Gasteiger partial charge in [0.15, 0.2) is 0 Å². The molecule has 2 aliphatic heterocycles. The highest BCUT2D eigenvalue weighted by Crippen LogP contribution is 2.29. The van der Waals surface area contributed by atoms with Crippen molar-refractivity contribution in [2.45, 2.75) is 51.5 Å². The molecule has 2 saturated heterocycles. The number of hydrazine groups is 1. The van der Waals surface area contributed by atoms with Gasteiger partial charge in [-0.25, -0.2) is 9.80 Å². The molecule has 0 saturated carbocycles. The fourth-order valence-corrected chi connectivity index (χ4v) is 5.14. The van der Waals surface area contributed by atoms with Gasteiger partial charge >= 0.3 is 6.03 Å². The molecule has 0 aliphatic carbocycles. The zero-order valence-corrected chi connectivity index (χ0v) is 21.6. The van der Waals surface area contributed by atoms with Crippen LogP contribution in [0.15, 0.2) is 54.6 Å². The number of unbranched alkanes of at least 4 members (excludes halogenated alkanes) is 1. The van der Waals surface area contributed by atoms with E-state index < -0.39 is 12.2 Å². The number of benzene rings is 2. The lowest BCUT2D eigenvalue weighted by Gasteiger charge is -2.55. The number of carbonyl (C=O) groups is 3. The monoisotopic (exact) mass is 499 g/mol. The van der Waals surface area contributed by atoms with Gasteiger partial charge < -0.3 is 15.1 Å². The molecule has 8 nitrogen and oxygen atoms in total. The van der Waals surface area contributed by atoms with Crippen LogP contribution in [0.3, 0.4) is 0 Å². The summed E-state index contributed by atoms with van der Waals surface area (Å²) in [6.45, 7) is 3.09. The molecule has 4 rings (SSSR count). The number of hydrogen-bond donors (Lipinski definition) is 1. The second-order valence-electron chi connectivity index (χ2n) is 9.66. The normalized spacial score (nSPS) is 19.9. The van der Waals surface area contributed by atoms with Crippen LogP contribution < -0.4 is 10.8 Å². The number of urea groups is 1. The highest BCUT2D eigenvalue weighted by atomic mass is 16.2. The summed E-state index contributed by atoms with van der Waals surface area (Å²) in [5.74, 6) is 2.32. The van der Waals surface area contributed by atoms with E-state index in [0.717, 1.165) is 29.4 Å². The molecular weight excluding hydrogens is 465 g/mol. The Labute approximate surface area is 220 Å². The largest absolute Gasteiger partial charge is 0.334 e. The van der Waals surface area contributed by atoms with Crippen molar-refractivity contribution < 1.29 is 14.4 Å². The maximum atomic E-state index is 13.7. The van der Waals surface area contributed by atoms with Crippen LogP contribution in [0.25, 0.3) is 0 Å². The number of carbonyl (C=O) groups excluding carboxylic acids is 3. The molecule has 2 aromatic rings. The van der Waals surface area contributed by atoms with Crippen LogP contribution in [0, 0.1) is 12.3 Å². The minimum absolute atomic E-state index is 0.0484. The summed E-state index contributed by atoms with van der Waals surface area (Å²) in [6.07, 6.45) is 7.23. The molecule has 192 valence electrons. The lowest BCUT2D eigenvalue weighted by atomic mass is 9.94. The number of fused-ring (bicyclic) bond motifs is 1. The summed E-state index contributed by atoms with van der Waals surface area (Å²) in [7, 11) is 2.02. The molecule has 0 aromatic heterocycles. The first-order valence-electron chi connectivity index (χ1n) is 12.9. The summed E-state index contributed by atoms with van der Waals surface area (Å²) in [5, 5.41) is 6.15. The highest BCUT2D eigenvalue weighted by molar-refractivity contribution is 6.32. The van der Waals surface area contributed by atoms with Crippen molar-refractivity contribution in [1.29, 1.82) is 0 Å². The van der Waals surface area contributed by atoms with Crippen LogP contribution in [-0.4, -0.2) is 77.4 Å². The van der Waals surface area contributed by atoms with Gasteiger partial charge in [-0.3, -0.25) is 9.59 Å². The predicted octanol–water partition coefficient (Wildman–Crippen LogP) is 1.08. The van der Waals surface area contributed by atoms with E-state index in [-0.39, 0.29) is 37.5 Å². The predicted molar refractivity (Wildman–Crippen MR) is 145 cm³/mol. The Bertz CT molecular complexity index is 1170. The van der Waals surface area contributed by atoms with Crippen molar-refractivity contribution in [1.82, 2.24) is 25.1 Å². The van der Waals surface area contributed by atoms with Gasteiger partial charge in [-0.2, -0.15) is 5.01 Å². The number of nitrogens with one attached hydrogen (secondary N) is 1. The van der Waals surface area contributed by atoms with Crippen molar-refractivity contribution in [3.05, 3.63) is 65.7 Å². The number of rotatable bonds is 8. The van der Waals surface area contributed by atoms with E-state index in [1.54, 1.807) is 19.8 Å². The van der Waals surface area contributed by atoms with Crippen molar-refractivity contribution in [2.75, 3.05) is 19.6 Å². The molecule has 0 spiro atoms. The van der Waals surface area contributed by atoms with Crippen LogP contribution in [-0.2, 0) is 22.7 Å². The fourth-order valence-electron chi connectivity index (χ4n) is 5.14. The summed E-state index contributed by atoms with van der Waals surface area (Å²) in [5.41, 5.74) is 3.09. The average Bonchev–Trinajstić information content (AvgIpc) is 2.88. The van der Waals surface area contributed by atoms with Crippen LogP contribution >= 0.6 is 0 Å². The summed E-state index contributed by atoms with van der Waals surface area (Å²) >= 11 is 0. The smallest absolute Gasteiger partial charge is 0.333 e. The first-order valence-corrected chi connectivity index (χ1v) is 12.9. The fraction of sp³-hybridized carbons (Fsp3) is 0.393. The van der Waals surface area contributed by atoms with Gasteiger partial charge in [0.05, 0.1) is 19.6 Å². The first-order chi connectivity index (χ1) is 17.9. The molecule has 1 N–H and O–H groups in total. The Kier molecular flexibility index (Phi) is 8.52. The molecule has 9 heteroatoms. The maximum Gasteiger partial charge on any atom is 0.334 e. The van der Waals surface area contributed by atoms with Crippen LogP contribution in [0.1, 0.15) is 37.3 Å². The van der Waals surface area contributed by atoms with E-state index in [9.17, 15) is 14.4 Å². The van der Waals surface area contributed by atoms with E-state index >= 15 is 0 Å². The molecule has 2 aromatic carbocycles. The number of amides is 4. The molecule has 4 amide bonds. The minimum atomic E-state index is -0.644. The van der Waals surface area contributed by atoms with Gasteiger partial charge in [-0.15, -0.1) is 6.42 Å². The molecule has 2 fully saturated rings. The Morgan fingerprint density at radius 3 is 2.59 bits per heavy atom. The third-order valence-corrected chi connectivity index (χ3v) is 6.89. The van der Waals surface area contributed by atoms with Crippen molar-refractivity contribution in [3.63, 3.8) is 0 Å². The first kappa shape index (κ1) is 26.3. The second-order valence-corrected chi connectivity index (χ2v) is 9.66. The van der Waals surface area contributed by atoms with Gasteiger partial charge in [0.1, 0.15) is 20.1 Å². The number of terminal acetylenes is 1. The van der Waals surface area contributed by atoms with Crippen molar-refractivity contribution >= 4 is 31.2 Å². The summed E-state index contributed by atoms with van der Waals surface area (Å²) < 4.78 is 0. The quantitative estimate of drug-likeness (QED) is 0.436. The summed E-state index contributed by atoms with van der Waals surface area (Å²) in [6, 6.07) is 16.7. The van der Waals surface area contributed by atoms with Crippen molar-refractivity contribution in [2.24, 2.45) is 0 Å². The van der Waals surface area contributed by atoms with Gasteiger partial charge in [0.25, 0.3) is 0 Å². The Morgan fingerprint density at radius 2 is 1.89 bits per heavy atom. The third kappa shape index (κ3) is 5.97. The molecule has 2 atom stereocenters. The van der Waals surface area contributed by atoms with Crippen LogP contribution in [0.4, 0.5) is 4.79 Å². The second kappa shape index (κ2) is 12.0. The van der Waals surface area contributed by atoms with Gasteiger partial charge in [-0.05, 0) is 17.5 Å². The average molecular weight is 499 g/mol. The van der Waals surface area contributed by atoms with Gasteiger partial charge in [0.2, 0.25) is 11.8 Å². The molecule has 0 radical (unpaired) electrons. The number of nitrogens with zero attached hydrogens (tertiary/aromatic N) is 4.